The van der Waals surface area contributed by atoms with Crippen molar-refractivity contribution in [2.75, 3.05) is 0 Å². The second-order valence-corrected chi connectivity index (χ2v) is 7.10. The van der Waals surface area contributed by atoms with E-state index in [0.717, 1.165) is 17.7 Å². The molecule has 1 aromatic heterocycles. The number of benzene rings is 2. The maximum absolute atomic E-state index is 12.3. The average Bonchev–Trinajstić information content (AvgIpc) is 3.13. The van der Waals surface area contributed by atoms with Crippen LogP contribution in [0, 0.1) is 6.92 Å². The Hall–Kier alpha value is -2.55. The van der Waals surface area contributed by atoms with Gasteiger partial charge in [0.1, 0.15) is 0 Å². The standard InChI is InChI=1S/C23H25NO2/c1-3-4-5-10-15-24-16(2)21(19-13-8-9-14-20(19)24)22-17-11-6-7-12-18(17)23(25)26-22/h6-9,11-14,22H,3-5,10,15H2,1-2H3. The van der Waals surface area contributed by atoms with Crippen LogP contribution in [0.15, 0.2) is 48.5 Å². The smallest absolute Gasteiger partial charge is 0.339 e. The van der Waals surface area contributed by atoms with Crippen molar-refractivity contribution >= 4 is 16.9 Å². The minimum Gasteiger partial charge on any atom is -0.449 e. The molecule has 0 N–H and O–H groups in total. The molecule has 0 radical (unpaired) electrons. The number of para-hydroxylation sites is 1. The molecule has 0 spiro atoms. The summed E-state index contributed by atoms with van der Waals surface area (Å²) in [6.07, 6.45) is 4.64. The van der Waals surface area contributed by atoms with E-state index in [1.165, 1.54) is 42.3 Å². The van der Waals surface area contributed by atoms with Crippen LogP contribution in [0.3, 0.4) is 0 Å². The van der Waals surface area contributed by atoms with E-state index in [1.807, 2.05) is 24.3 Å². The Kier molecular flexibility index (Phi) is 4.54. The Morgan fingerprint density at radius 2 is 1.77 bits per heavy atom. The van der Waals surface area contributed by atoms with Crippen molar-refractivity contribution in [3.8, 4) is 0 Å². The molecule has 26 heavy (non-hydrogen) atoms. The molecule has 3 aromatic rings. The number of carbonyl (C=O) groups is 1. The quantitative estimate of drug-likeness (QED) is 0.417. The fraction of sp³-hybridized carbons (Fsp3) is 0.348. The highest BCUT2D eigenvalue weighted by Gasteiger charge is 2.35. The lowest BCUT2D eigenvalue weighted by molar-refractivity contribution is 0.0457. The number of esters is 1. The molecule has 1 atom stereocenters. The Morgan fingerprint density at radius 3 is 2.62 bits per heavy atom. The van der Waals surface area contributed by atoms with Gasteiger partial charge in [-0.15, -0.1) is 0 Å². The maximum atomic E-state index is 12.3. The SMILES string of the molecule is CCCCCCn1c(C)c(C2OC(=O)c3ccccc32)c2ccccc21. The largest absolute Gasteiger partial charge is 0.449 e. The summed E-state index contributed by atoms with van der Waals surface area (Å²) < 4.78 is 8.21. The first-order valence-corrected chi connectivity index (χ1v) is 9.60. The van der Waals surface area contributed by atoms with Gasteiger partial charge >= 0.3 is 5.97 Å². The van der Waals surface area contributed by atoms with Gasteiger partial charge in [-0.1, -0.05) is 62.6 Å². The molecule has 1 aliphatic heterocycles. The predicted molar refractivity (Wildman–Crippen MR) is 105 cm³/mol. The lowest BCUT2D eigenvalue weighted by Gasteiger charge is -2.13. The Bertz CT molecular complexity index is 954. The summed E-state index contributed by atoms with van der Waals surface area (Å²) >= 11 is 0. The number of fused-ring (bicyclic) bond motifs is 2. The number of carbonyl (C=O) groups excluding carboxylic acids is 1. The third kappa shape index (κ3) is 2.72. The minimum atomic E-state index is -0.305. The van der Waals surface area contributed by atoms with Crippen molar-refractivity contribution in [3.05, 3.63) is 70.9 Å². The monoisotopic (exact) mass is 347 g/mol. The molecule has 3 heteroatoms. The first-order chi connectivity index (χ1) is 12.7. The summed E-state index contributed by atoms with van der Waals surface area (Å²) in [7, 11) is 0. The molecule has 0 saturated heterocycles. The molecule has 1 aliphatic rings. The minimum absolute atomic E-state index is 0.218. The molecular weight excluding hydrogens is 322 g/mol. The van der Waals surface area contributed by atoms with E-state index in [-0.39, 0.29) is 12.1 Å². The van der Waals surface area contributed by atoms with Crippen LogP contribution in [-0.4, -0.2) is 10.5 Å². The van der Waals surface area contributed by atoms with E-state index in [0.29, 0.717) is 5.56 Å². The van der Waals surface area contributed by atoms with E-state index >= 15 is 0 Å². The highest BCUT2D eigenvalue weighted by atomic mass is 16.5. The van der Waals surface area contributed by atoms with Gasteiger partial charge in [0.2, 0.25) is 0 Å². The first-order valence-electron chi connectivity index (χ1n) is 9.60. The van der Waals surface area contributed by atoms with Gasteiger partial charge in [0.05, 0.1) is 5.56 Å². The number of cyclic esters (lactones) is 1. The third-order valence-corrected chi connectivity index (χ3v) is 5.47. The van der Waals surface area contributed by atoms with Crippen LogP contribution in [0.1, 0.15) is 65.9 Å². The summed E-state index contributed by atoms with van der Waals surface area (Å²) in [4.78, 5) is 12.3. The topological polar surface area (TPSA) is 31.2 Å². The van der Waals surface area contributed by atoms with E-state index in [1.54, 1.807) is 0 Å². The van der Waals surface area contributed by atoms with Crippen molar-refractivity contribution in [2.45, 2.75) is 52.2 Å². The van der Waals surface area contributed by atoms with Gasteiger partial charge in [-0.2, -0.15) is 0 Å². The predicted octanol–water partition coefficient (Wildman–Crippen LogP) is 5.79. The molecule has 2 heterocycles. The Labute approximate surface area is 154 Å². The average molecular weight is 347 g/mol. The van der Waals surface area contributed by atoms with Gasteiger partial charge in [-0.05, 0) is 25.5 Å². The molecule has 2 aromatic carbocycles. The third-order valence-electron chi connectivity index (χ3n) is 5.47. The van der Waals surface area contributed by atoms with E-state index in [9.17, 15) is 4.79 Å². The summed E-state index contributed by atoms with van der Waals surface area (Å²) in [6, 6.07) is 16.2. The van der Waals surface area contributed by atoms with Crippen LogP contribution in [0.5, 0.6) is 0 Å². The summed E-state index contributed by atoms with van der Waals surface area (Å²) in [6.45, 7) is 5.40. The number of hydrogen-bond donors (Lipinski definition) is 0. The first kappa shape index (κ1) is 16.9. The number of ether oxygens (including phenoxy) is 1. The molecule has 1 unspecified atom stereocenters. The van der Waals surface area contributed by atoms with Crippen LogP contribution < -0.4 is 0 Å². The van der Waals surface area contributed by atoms with Crippen molar-refractivity contribution in [3.63, 3.8) is 0 Å². The molecular formula is C23H25NO2. The number of rotatable bonds is 6. The summed E-state index contributed by atoms with van der Waals surface area (Å²) in [5.41, 5.74) is 5.25. The molecule has 134 valence electrons. The molecule has 0 aliphatic carbocycles. The number of aryl methyl sites for hydroxylation is 1. The molecule has 0 saturated carbocycles. The van der Waals surface area contributed by atoms with E-state index in [4.69, 9.17) is 4.74 Å². The fourth-order valence-electron chi connectivity index (χ4n) is 4.13. The zero-order valence-corrected chi connectivity index (χ0v) is 15.5. The second-order valence-electron chi connectivity index (χ2n) is 7.10. The molecule has 0 fully saturated rings. The molecule has 0 bridgehead atoms. The zero-order valence-electron chi connectivity index (χ0n) is 15.5. The Morgan fingerprint density at radius 1 is 1.00 bits per heavy atom. The van der Waals surface area contributed by atoms with Crippen molar-refractivity contribution in [1.82, 2.24) is 4.57 Å². The number of nitrogens with zero attached hydrogens (tertiary/aromatic N) is 1. The van der Waals surface area contributed by atoms with Gasteiger partial charge < -0.3 is 9.30 Å². The van der Waals surface area contributed by atoms with Crippen LogP contribution in [0.2, 0.25) is 0 Å². The van der Waals surface area contributed by atoms with Crippen LogP contribution >= 0.6 is 0 Å². The van der Waals surface area contributed by atoms with Crippen molar-refractivity contribution in [2.24, 2.45) is 0 Å². The maximum Gasteiger partial charge on any atom is 0.339 e. The Balaban J connectivity index is 1.79. The van der Waals surface area contributed by atoms with Crippen molar-refractivity contribution < 1.29 is 9.53 Å². The van der Waals surface area contributed by atoms with E-state index < -0.39 is 0 Å². The fourth-order valence-corrected chi connectivity index (χ4v) is 4.13. The normalized spacial score (nSPS) is 16.1. The van der Waals surface area contributed by atoms with Gasteiger partial charge in [0.25, 0.3) is 0 Å². The summed E-state index contributed by atoms with van der Waals surface area (Å²) in [5, 5.41) is 1.19. The van der Waals surface area contributed by atoms with Crippen LogP contribution in [0.4, 0.5) is 0 Å². The lowest BCUT2D eigenvalue weighted by Crippen LogP contribution is -2.05. The van der Waals surface area contributed by atoms with Gasteiger partial charge in [-0.25, -0.2) is 4.79 Å². The van der Waals surface area contributed by atoms with Gasteiger partial charge in [0, 0.05) is 34.3 Å². The van der Waals surface area contributed by atoms with Gasteiger partial charge in [0.15, 0.2) is 6.10 Å². The zero-order chi connectivity index (χ0) is 18.1. The van der Waals surface area contributed by atoms with Crippen LogP contribution in [-0.2, 0) is 11.3 Å². The molecule has 3 nitrogen and oxygen atoms in total. The van der Waals surface area contributed by atoms with Gasteiger partial charge in [-0.3, -0.25) is 0 Å². The number of hydrogen-bond acceptors (Lipinski definition) is 2. The highest BCUT2D eigenvalue weighted by Crippen LogP contribution is 2.41. The van der Waals surface area contributed by atoms with E-state index in [2.05, 4.69) is 42.7 Å². The van der Waals surface area contributed by atoms with Crippen molar-refractivity contribution in [1.29, 1.82) is 0 Å². The molecule has 0 amide bonds. The van der Waals surface area contributed by atoms with Crippen LogP contribution in [0.25, 0.3) is 10.9 Å². The second kappa shape index (κ2) is 6.99. The lowest BCUT2D eigenvalue weighted by atomic mass is 9.97. The highest BCUT2D eigenvalue weighted by molar-refractivity contribution is 5.96. The number of aromatic nitrogens is 1. The molecule has 4 rings (SSSR count). The summed E-state index contributed by atoms with van der Waals surface area (Å²) in [5.74, 6) is -0.218. The number of unbranched alkanes of at least 4 members (excludes halogenated alkanes) is 3.